The smallest absolute Gasteiger partial charge is 0.263 e. The Hall–Kier alpha value is -1.74. The molecular weight excluding hydrogens is 412 g/mol. The third kappa shape index (κ3) is 5.66. The molecular formula is C21H26O6S2. The van der Waals surface area contributed by atoms with E-state index in [1.165, 1.54) is 24.3 Å². The molecule has 0 aromatic heterocycles. The van der Waals surface area contributed by atoms with E-state index in [4.69, 9.17) is 8.37 Å². The lowest BCUT2D eigenvalue weighted by molar-refractivity contribution is 0.0759. The second-order valence-corrected chi connectivity index (χ2v) is 10.5. The van der Waals surface area contributed by atoms with Gasteiger partial charge in [-0.05, 0) is 62.4 Å². The van der Waals surface area contributed by atoms with Crippen LogP contribution in [0.2, 0.25) is 0 Å². The van der Waals surface area contributed by atoms with Gasteiger partial charge < -0.3 is 0 Å². The molecule has 29 heavy (non-hydrogen) atoms. The van der Waals surface area contributed by atoms with Gasteiger partial charge in [-0.1, -0.05) is 36.8 Å². The SMILES string of the molecule is CCc1ccc(S(=O)(=O)OC2CCCC(OS(=O)(=O)c3ccc(C)cc3)C2)cc1. The highest BCUT2D eigenvalue weighted by molar-refractivity contribution is 7.87. The summed E-state index contributed by atoms with van der Waals surface area (Å²) in [5, 5.41) is 0. The Morgan fingerprint density at radius 3 is 1.69 bits per heavy atom. The molecule has 2 unspecified atom stereocenters. The lowest BCUT2D eigenvalue weighted by atomic mass is 9.95. The summed E-state index contributed by atoms with van der Waals surface area (Å²) in [4.78, 5) is 0.194. The van der Waals surface area contributed by atoms with E-state index in [0.29, 0.717) is 19.3 Å². The van der Waals surface area contributed by atoms with Gasteiger partial charge in [0.2, 0.25) is 0 Å². The molecule has 2 aromatic rings. The summed E-state index contributed by atoms with van der Waals surface area (Å²) in [6.45, 7) is 3.86. The second-order valence-electron chi connectivity index (χ2n) is 7.32. The Labute approximate surface area is 173 Å². The monoisotopic (exact) mass is 438 g/mol. The number of rotatable bonds is 7. The normalized spacial score (nSPS) is 20.5. The summed E-state index contributed by atoms with van der Waals surface area (Å²) >= 11 is 0. The molecule has 8 heteroatoms. The van der Waals surface area contributed by atoms with Gasteiger partial charge in [0.1, 0.15) is 0 Å². The first-order chi connectivity index (χ1) is 13.7. The van der Waals surface area contributed by atoms with Crippen molar-refractivity contribution >= 4 is 20.2 Å². The summed E-state index contributed by atoms with van der Waals surface area (Å²) in [5.41, 5.74) is 1.99. The zero-order valence-electron chi connectivity index (χ0n) is 16.6. The fourth-order valence-electron chi connectivity index (χ4n) is 3.34. The van der Waals surface area contributed by atoms with Crippen LogP contribution in [-0.4, -0.2) is 29.0 Å². The maximum atomic E-state index is 12.6. The molecule has 6 nitrogen and oxygen atoms in total. The van der Waals surface area contributed by atoms with Crippen LogP contribution in [0.5, 0.6) is 0 Å². The van der Waals surface area contributed by atoms with Crippen molar-refractivity contribution in [2.45, 2.75) is 68.0 Å². The van der Waals surface area contributed by atoms with Crippen LogP contribution >= 0.6 is 0 Å². The van der Waals surface area contributed by atoms with Crippen molar-refractivity contribution in [2.24, 2.45) is 0 Å². The molecule has 0 amide bonds. The third-order valence-corrected chi connectivity index (χ3v) is 7.78. The highest BCUT2D eigenvalue weighted by Crippen LogP contribution is 2.29. The molecule has 0 heterocycles. The zero-order chi connectivity index (χ0) is 21.1. The van der Waals surface area contributed by atoms with Crippen molar-refractivity contribution < 1.29 is 25.2 Å². The standard InChI is InChI=1S/C21H26O6S2/c1-3-17-9-13-21(14-10-17)29(24,25)27-19-6-4-5-18(15-19)26-28(22,23)20-11-7-16(2)8-12-20/h7-14,18-19H,3-6,15H2,1-2H3. The van der Waals surface area contributed by atoms with E-state index >= 15 is 0 Å². The number of hydrogen-bond acceptors (Lipinski definition) is 6. The molecule has 0 aliphatic heterocycles. The molecule has 1 saturated carbocycles. The summed E-state index contributed by atoms with van der Waals surface area (Å²) in [6.07, 6.45) is 1.50. The van der Waals surface area contributed by atoms with Crippen molar-refractivity contribution in [3.63, 3.8) is 0 Å². The molecule has 1 aliphatic carbocycles. The van der Waals surface area contributed by atoms with E-state index < -0.39 is 32.4 Å². The van der Waals surface area contributed by atoms with Crippen LogP contribution in [0.4, 0.5) is 0 Å². The van der Waals surface area contributed by atoms with Gasteiger partial charge >= 0.3 is 0 Å². The molecule has 2 atom stereocenters. The van der Waals surface area contributed by atoms with E-state index in [9.17, 15) is 16.8 Å². The zero-order valence-corrected chi connectivity index (χ0v) is 18.2. The fourth-order valence-corrected chi connectivity index (χ4v) is 5.57. The molecule has 0 spiro atoms. The Kier molecular flexibility index (Phi) is 6.78. The van der Waals surface area contributed by atoms with Gasteiger partial charge in [-0.25, -0.2) is 0 Å². The van der Waals surface area contributed by atoms with Crippen molar-refractivity contribution in [1.82, 2.24) is 0 Å². The molecule has 0 N–H and O–H groups in total. The molecule has 3 rings (SSSR count). The Bertz CT molecular complexity index is 1030. The van der Waals surface area contributed by atoms with Crippen LogP contribution in [0.15, 0.2) is 58.3 Å². The van der Waals surface area contributed by atoms with E-state index in [2.05, 4.69) is 0 Å². The maximum absolute atomic E-state index is 12.6. The van der Waals surface area contributed by atoms with Gasteiger partial charge in [0.05, 0.1) is 22.0 Å². The first-order valence-corrected chi connectivity index (χ1v) is 12.5. The van der Waals surface area contributed by atoms with Gasteiger partial charge in [0.25, 0.3) is 20.2 Å². The predicted molar refractivity (Wildman–Crippen MR) is 110 cm³/mol. The van der Waals surface area contributed by atoms with Crippen LogP contribution in [-0.2, 0) is 35.0 Å². The minimum atomic E-state index is -3.91. The van der Waals surface area contributed by atoms with Gasteiger partial charge in [-0.15, -0.1) is 0 Å². The quantitative estimate of drug-likeness (QED) is 0.608. The van der Waals surface area contributed by atoms with Crippen LogP contribution in [0.1, 0.15) is 43.7 Å². The Balaban J connectivity index is 1.66. The predicted octanol–water partition coefficient (Wildman–Crippen LogP) is 3.98. The van der Waals surface area contributed by atoms with Crippen molar-refractivity contribution in [2.75, 3.05) is 0 Å². The van der Waals surface area contributed by atoms with Crippen LogP contribution < -0.4 is 0 Å². The van der Waals surface area contributed by atoms with Gasteiger partial charge in [0, 0.05) is 6.42 Å². The summed E-state index contributed by atoms with van der Waals surface area (Å²) < 4.78 is 60.9. The largest absolute Gasteiger partial charge is 0.297 e. The van der Waals surface area contributed by atoms with E-state index in [0.717, 1.165) is 17.5 Å². The minimum absolute atomic E-state index is 0.0924. The Morgan fingerprint density at radius 1 is 0.793 bits per heavy atom. The lowest BCUT2D eigenvalue weighted by Gasteiger charge is -2.28. The average Bonchev–Trinajstić information content (AvgIpc) is 2.68. The highest BCUT2D eigenvalue weighted by Gasteiger charge is 2.31. The van der Waals surface area contributed by atoms with Crippen LogP contribution in [0.25, 0.3) is 0 Å². The van der Waals surface area contributed by atoms with Gasteiger partial charge in [-0.2, -0.15) is 16.8 Å². The second kappa shape index (κ2) is 8.95. The molecule has 0 bridgehead atoms. The van der Waals surface area contributed by atoms with Crippen molar-refractivity contribution in [1.29, 1.82) is 0 Å². The average molecular weight is 439 g/mol. The third-order valence-electron chi connectivity index (χ3n) is 5.03. The number of hydrogen-bond donors (Lipinski definition) is 0. The molecule has 1 fully saturated rings. The molecule has 158 valence electrons. The maximum Gasteiger partial charge on any atom is 0.297 e. The molecule has 0 radical (unpaired) electrons. The van der Waals surface area contributed by atoms with E-state index in [1.54, 1.807) is 24.3 Å². The topological polar surface area (TPSA) is 86.7 Å². The Morgan fingerprint density at radius 2 is 1.24 bits per heavy atom. The van der Waals surface area contributed by atoms with Crippen molar-refractivity contribution in [3.05, 3.63) is 59.7 Å². The van der Waals surface area contributed by atoms with Gasteiger partial charge in [-0.3, -0.25) is 8.37 Å². The van der Waals surface area contributed by atoms with E-state index in [-0.39, 0.29) is 16.2 Å². The number of aryl methyl sites for hydroxylation is 2. The van der Waals surface area contributed by atoms with Crippen LogP contribution in [0, 0.1) is 6.92 Å². The van der Waals surface area contributed by atoms with Crippen molar-refractivity contribution in [3.8, 4) is 0 Å². The molecule has 2 aromatic carbocycles. The lowest BCUT2D eigenvalue weighted by Crippen LogP contribution is -2.31. The highest BCUT2D eigenvalue weighted by atomic mass is 32.2. The first kappa shape index (κ1) is 22.0. The minimum Gasteiger partial charge on any atom is -0.263 e. The van der Waals surface area contributed by atoms with E-state index in [1.807, 2.05) is 13.8 Å². The summed E-state index contributed by atoms with van der Waals surface area (Å²) in [5.74, 6) is 0. The molecule has 1 aliphatic rings. The first-order valence-electron chi connectivity index (χ1n) is 9.72. The van der Waals surface area contributed by atoms with Gasteiger partial charge in [0.15, 0.2) is 0 Å². The summed E-state index contributed by atoms with van der Waals surface area (Å²) in [7, 11) is -7.82. The van der Waals surface area contributed by atoms with Crippen LogP contribution in [0.3, 0.4) is 0 Å². The fraction of sp³-hybridized carbons (Fsp3) is 0.429. The number of benzene rings is 2. The molecule has 0 saturated heterocycles. The summed E-state index contributed by atoms with van der Waals surface area (Å²) in [6, 6.07) is 13.0.